The molecule has 1 aromatic carbocycles. The molecular formula is C17H16FN3O5S. The van der Waals surface area contributed by atoms with Gasteiger partial charge in [0.1, 0.15) is 11.5 Å². The number of sulfonamides is 1. The Morgan fingerprint density at radius 2 is 1.85 bits per heavy atom. The van der Waals surface area contributed by atoms with Crippen LogP contribution in [0.5, 0.6) is 5.75 Å². The summed E-state index contributed by atoms with van der Waals surface area (Å²) in [5.41, 5.74) is -0.511. The number of aromatic hydroxyl groups is 1. The van der Waals surface area contributed by atoms with Crippen LogP contribution in [-0.2, 0) is 27.8 Å². The molecule has 2 N–H and O–H groups in total. The molecule has 0 unspecified atom stereocenters. The summed E-state index contributed by atoms with van der Waals surface area (Å²) in [7, 11) is -3.72. The molecule has 3 rings (SSSR count). The number of anilines is 1. The van der Waals surface area contributed by atoms with Gasteiger partial charge in [0, 0.05) is 18.6 Å². The van der Waals surface area contributed by atoms with Crippen molar-refractivity contribution in [3.63, 3.8) is 0 Å². The molecule has 2 heterocycles. The highest BCUT2D eigenvalue weighted by Gasteiger charge is 2.23. The van der Waals surface area contributed by atoms with Crippen molar-refractivity contribution in [3.05, 3.63) is 64.0 Å². The summed E-state index contributed by atoms with van der Waals surface area (Å²) in [6, 6.07) is 5.65. The zero-order valence-corrected chi connectivity index (χ0v) is 15.0. The lowest BCUT2D eigenvalue weighted by molar-refractivity contribution is -0.128. The SMILES string of the molecule is CS(=O)(=O)Nc1cn2c(c(O)c1=O)CC(=O)N(Cc1ccc(F)cc1)C=C2. The fraction of sp³-hybridized carbons (Fsp3) is 0.176. The Morgan fingerprint density at radius 1 is 1.19 bits per heavy atom. The number of nitrogens with one attached hydrogen (secondary N) is 1. The molecule has 0 radical (unpaired) electrons. The monoisotopic (exact) mass is 393 g/mol. The molecule has 0 saturated carbocycles. The third-order valence-electron chi connectivity index (χ3n) is 3.92. The number of nitrogens with zero attached hydrogens (tertiary/aromatic N) is 2. The summed E-state index contributed by atoms with van der Waals surface area (Å²) >= 11 is 0. The Hall–Kier alpha value is -3.14. The van der Waals surface area contributed by atoms with E-state index in [2.05, 4.69) is 0 Å². The van der Waals surface area contributed by atoms with E-state index in [9.17, 15) is 27.5 Å². The Labute approximate surface area is 154 Å². The van der Waals surface area contributed by atoms with Crippen molar-refractivity contribution >= 4 is 27.8 Å². The largest absolute Gasteiger partial charge is 0.503 e. The first kappa shape index (κ1) is 18.6. The van der Waals surface area contributed by atoms with Gasteiger partial charge in [-0.05, 0) is 17.7 Å². The van der Waals surface area contributed by atoms with Crippen molar-refractivity contribution in [2.24, 2.45) is 0 Å². The molecular weight excluding hydrogens is 377 g/mol. The molecule has 1 amide bonds. The smallest absolute Gasteiger partial charge is 0.247 e. The quantitative estimate of drug-likeness (QED) is 0.808. The lowest BCUT2D eigenvalue weighted by Crippen LogP contribution is -2.26. The highest BCUT2D eigenvalue weighted by Crippen LogP contribution is 2.22. The van der Waals surface area contributed by atoms with Crippen LogP contribution < -0.4 is 10.2 Å². The van der Waals surface area contributed by atoms with Crippen LogP contribution in [0.15, 0.2) is 41.5 Å². The fourth-order valence-corrected chi connectivity index (χ4v) is 3.19. The van der Waals surface area contributed by atoms with Gasteiger partial charge < -0.3 is 14.6 Å². The molecule has 0 spiro atoms. The highest BCUT2D eigenvalue weighted by atomic mass is 32.2. The third-order valence-corrected chi connectivity index (χ3v) is 4.51. The van der Waals surface area contributed by atoms with Gasteiger partial charge in [0.05, 0.1) is 24.9 Å². The van der Waals surface area contributed by atoms with E-state index in [1.54, 1.807) is 12.1 Å². The van der Waals surface area contributed by atoms with E-state index >= 15 is 0 Å². The van der Waals surface area contributed by atoms with Gasteiger partial charge in [-0.3, -0.25) is 14.3 Å². The highest BCUT2D eigenvalue weighted by molar-refractivity contribution is 7.92. The van der Waals surface area contributed by atoms with Crippen molar-refractivity contribution in [1.29, 1.82) is 0 Å². The first-order valence-corrected chi connectivity index (χ1v) is 9.70. The molecule has 10 heteroatoms. The van der Waals surface area contributed by atoms with E-state index in [4.69, 9.17) is 0 Å². The zero-order chi connectivity index (χ0) is 19.8. The molecule has 8 nitrogen and oxygen atoms in total. The summed E-state index contributed by atoms with van der Waals surface area (Å²) < 4.78 is 39.1. The van der Waals surface area contributed by atoms with Gasteiger partial charge in [0.15, 0.2) is 5.75 Å². The first-order valence-electron chi connectivity index (χ1n) is 7.81. The van der Waals surface area contributed by atoms with Crippen LogP contribution in [0.3, 0.4) is 0 Å². The van der Waals surface area contributed by atoms with Crippen molar-refractivity contribution < 1.29 is 22.7 Å². The van der Waals surface area contributed by atoms with Gasteiger partial charge in [0.2, 0.25) is 21.4 Å². The van der Waals surface area contributed by atoms with Crippen molar-refractivity contribution in [2.45, 2.75) is 13.0 Å². The lowest BCUT2D eigenvalue weighted by atomic mass is 10.2. The predicted octanol–water partition coefficient (Wildman–Crippen LogP) is 1.08. The molecule has 1 aliphatic rings. The average molecular weight is 393 g/mol. The van der Waals surface area contributed by atoms with E-state index in [1.807, 2.05) is 4.72 Å². The van der Waals surface area contributed by atoms with E-state index in [0.29, 0.717) is 5.56 Å². The Morgan fingerprint density at radius 3 is 2.48 bits per heavy atom. The number of halogens is 1. The van der Waals surface area contributed by atoms with Crippen molar-refractivity contribution in [1.82, 2.24) is 9.47 Å². The molecule has 0 fully saturated rings. The lowest BCUT2D eigenvalue weighted by Gasteiger charge is -2.16. The van der Waals surface area contributed by atoms with Crippen molar-refractivity contribution in [3.8, 4) is 5.75 Å². The maximum Gasteiger partial charge on any atom is 0.247 e. The zero-order valence-electron chi connectivity index (χ0n) is 14.2. The second-order valence-electron chi connectivity index (χ2n) is 6.07. The number of hydrogen-bond acceptors (Lipinski definition) is 5. The standard InChI is InChI=1S/C17H16FN3O5S/c1-27(25,26)19-13-10-20-6-7-21(9-11-2-4-12(18)5-3-11)15(22)8-14(20)17(24)16(13)23/h2-7,10,19,24H,8-9H2,1H3. The van der Waals surface area contributed by atoms with Crippen LogP contribution in [0, 0.1) is 5.82 Å². The van der Waals surface area contributed by atoms with Gasteiger partial charge >= 0.3 is 0 Å². The minimum Gasteiger partial charge on any atom is -0.503 e. The first-order chi connectivity index (χ1) is 12.6. The molecule has 0 bridgehead atoms. The number of fused-ring (bicyclic) bond motifs is 1. The van der Waals surface area contributed by atoms with Crippen LogP contribution in [0.1, 0.15) is 11.3 Å². The van der Waals surface area contributed by atoms with Gasteiger partial charge in [0.25, 0.3) is 0 Å². The predicted molar refractivity (Wildman–Crippen MR) is 96.8 cm³/mol. The number of rotatable bonds is 4. The maximum atomic E-state index is 13.0. The number of aromatic nitrogens is 1. The molecule has 27 heavy (non-hydrogen) atoms. The molecule has 0 aliphatic carbocycles. The van der Waals surface area contributed by atoms with Crippen LogP contribution in [-0.4, -0.2) is 35.2 Å². The molecule has 142 valence electrons. The third kappa shape index (κ3) is 4.17. The van der Waals surface area contributed by atoms with Crippen molar-refractivity contribution in [2.75, 3.05) is 11.0 Å². The van der Waals surface area contributed by atoms with Gasteiger partial charge in [-0.15, -0.1) is 0 Å². The number of amides is 1. The van der Waals surface area contributed by atoms with Gasteiger partial charge in [-0.1, -0.05) is 12.1 Å². The van der Waals surface area contributed by atoms with Crippen LogP contribution >= 0.6 is 0 Å². The summed E-state index contributed by atoms with van der Waals surface area (Å²) in [6.07, 6.45) is 4.67. The average Bonchev–Trinajstić information content (AvgIpc) is 2.73. The number of carbonyl (C=O) groups is 1. The minimum atomic E-state index is -3.72. The minimum absolute atomic E-state index is 0.0434. The maximum absolute atomic E-state index is 13.0. The fourth-order valence-electron chi connectivity index (χ4n) is 2.64. The molecule has 2 aromatic rings. The van der Waals surface area contributed by atoms with E-state index in [0.717, 1.165) is 6.26 Å². The Kier molecular flexibility index (Phi) is 4.75. The summed E-state index contributed by atoms with van der Waals surface area (Å²) in [5, 5.41) is 10.2. The normalized spacial score (nSPS) is 14.0. The van der Waals surface area contributed by atoms with Gasteiger partial charge in [-0.25, -0.2) is 12.8 Å². The number of hydrogen-bond donors (Lipinski definition) is 2. The Balaban J connectivity index is 1.95. The van der Waals surface area contributed by atoms with Crippen LogP contribution in [0.2, 0.25) is 0 Å². The van der Waals surface area contributed by atoms with Crippen LogP contribution in [0.25, 0.3) is 6.20 Å². The number of carbonyl (C=O) groups excluding carboxylic acids is 1. The summed E-state index contributed by atoms with van der Waals surface area (Å²) in [6.45, 7) is 0.170. The Bertz CT molecular complexity index is 1090. The van der Waals surface area contributed by atoms with E-state index < -0.39 is 27.0 Å². The van der Waals surface area contributed by atoms with Gasteiger partial charge in [-0.2, -0.15) is 0 Å². The topological polar surface area (TPSA) is 109 Å². The molecule has 1 aromatic heterocycles. The van der Waals surface area contributed by atoms with E-state index in [-0.39, 0.29) is 30.3 Å². The summed E-state index contributed by atoms with van der Waals surface area (Å²) in [4.78, 5) is 26.0. The van der Waals surface area contributed by atoms with Crippen LogP contribution in [0.4, 0.5) is 10.1 Å². The second-order valence-corrected chi connectivity index (χ2v) is 7.82. The molecule has 0 saturated heterocycles. The van der Waals surface area contributed by atoms with E-state index in [1.165, 1.54) is 40.2 Å². The number of pyridine rings is 1. The molecule has 1 aliphatic heterocycles. The summed E-state index contributed by atoms with van der Waals surface area (Å²) in [5.74, 6) is -1.48. The number of benzene rings is 1. The second kappa shape index (κ2) is 6.88. The molecule has 0 atom stereocenters.